The van der Waals surface area contributed by atoms with Gasteiger partial charge in [-0.15, -0.1) is 0 Å². The summed E-state index contributed by atoms with van der Waals surface area (Å²) in [7, 11) is 0. The maximum atomic E-state index is 10.6. The first-order chi connectivity index (χ1) is 9.19. The second-order valence-electron chi connectivity index (χ2n) is 3.66. The molecule has 0 aliphatic rings. The monoisotopic (exact) mass is 262 g/mol. The first-order valence-corrected chi connectivity index (χ1v) is 6.09. The molecule has 0 fully saturated rings. The lowest BCUT2D eigenvalue weighted by Crippen LogP contribution is -2.01. The molecule has 0 aliphatic carbocycles. The summed E-state index contributed by atoms with van der Waals surface area (Å²) in [6.45, 7) is 4.72. The summed E-state index contributed by atoms with van der Waals surface area (Å²) in [6.07, 6.45) is 6.33. The molecule has 102 valence electrons. The Kier molecular flexibility index (Phi) is 6.22. The highest BCUT2D eigenvalue weighted by molar-refractivity contribution is 5.86. The third kappa shape index (κ3) is 4.87. The Bertz CT molecular complexity index is 475. The summed E-state index contributed by atoms with van der Waals surface area (Å²) in [5.41, 5.74) is 0.679. The first-order valence-electron chi connectivity index (χ1n) is 6.09. The van der Waals surface area contributed by atoms with Gasteiger partial charge in [0.05, 0.1) is 6.61 Å². The van der Waals surface area contributed by atoms with Crippen LogP contribution in [0.4, 0.5) is 0 Å². The van der Waals surface area contributed by atoms with Gasteiger partial charge in [-0.1, -0.05) is 24.3 Å². The van der Waals surface area contributed by atoms with Crippen LogP contribution >= 0.6 is 0 Å². The third-order valence-corrected chi connectivity index (χ3v) is 2.27. The van der Waals surface area contributed by atoms with Crippen molar-refractivity contribution in [2.45, 2.75) is 13.8 Å². The van der Waals surface area contributed by atoms with Crippen LogP contribution in [0.15, 0.2) is 36.4 Å². The number of carbonyl (C=O) groups is 1. The van der Waals surface area contributed by atoms with Gasteiger partial charge in [0.2, 0.25) is 0 Å². The Balaban J connectivity index is 3.05. The fourth-order valence-electron chi connectivity index (χ4n) is 1.48. The molecular formula is C15H18O4. The normalized spacial score (nSPS) is 11.1. The van der Waals surface area contributed by atoms with Gasteiger partial charge in [0.1, 0.15) is 6.61 Å². The van der Waals surface area contributed by atoms with Crippen LogP contribution in [0, 0.1) is 0 Å². The summed E-state index contributed by atoms with van der Waals surface area (Å²) in [6, 6.07) is 5.38. The number of ether oxygens (including phenoxy) is 2. The van der Waals surface area contributed by atoms with Gasteiger partial charge in [-0.3, -0.25) is 0 Å². The molecule has 4 heteroatoms. The SMILES string of the molecule is C/C=C/COc1c(/C=C/C(=O)O)cccc1OCC. The summed E-state index contributed by atoms with van der Waals surface area (Å²) in [5, 5.41) is 8.68. The van der Waals surface area contributed by atoms with E-state index >= 15 is 0 Å². The van der Waals surface area contributed by atoms with E-state index in [2.05, 4.69) is 0 Å². The first kappa shape index (κ1) is 14.8. The van der Waals surface area contributed by atoms with Crippen molar-refractivity contribution in [1.29, 1.82) is 0 Å². The Hall–Kier alpha value is -2.23. The van der Waals surface area contributed by atoms with Gasteiger partial charge >= 0.3 is 5.97 Å². The molecule has 0 amide bonds. The van der Waals surface area contributed by atoms with E-state index in [0.717, 1.165) is 6.08 Å². The van der Waals surface area contributed by atoms with Crippen LogP contribution in [0.2, 0.25) is 0 Å². The average Bonchev–Trinajstić information content (AvgIpc) is 2.39. The predicted octanol–water partition coefficient (Wildman–Crippen LogP) is 3.14. The highest BCUT2D eigenvalue weighted by atomic mass is 16.5. The van der Waals surface area contributed by atoms with Crippen LogP contribution in [-0.4, -0.2) is 24.3 Å². The Morgan fingerprint density at radius 3 is 2.79 bits per heavy atom. The van der Waals surface area contributed by atoms with Gasteiger partial charge in [-0.25, -0.2) is 4.79 Å². The molecule has 0 spiro atoms. The molecular weight excluding hydrogens is 244 g/mol. The third-order valence-electron chi connectivity index (χ3n) is 2.27. The number of allylic oxidation sites excluding steroid dienone is 1. The van der Waals surface area contributed by atoms with Crippen molar-refractivity contribution < 1.29 is 19.4 Å². The van der Waals surface area contributed by atoms with Crippen LogP contribution in [0.25, 0.3) is 6.08 Å². The van der Waals surface area contributed by atoms with Crippen LogP contribution in [0.5, 0.6) is 11.5 Å². The topological polar surface area (TPSA) is 55.8 Å². The number of carboxylic acids is 1. The van der Waals surface area contributed by atoms with Gasteiger partial charge < -0.3 is 14.6 Å². The second kappa shape index (κ2) is 7.97. The molecule has 0 radical (unpaired) electrons. The van der Waals surface area contributed by atoms with E-state index in [9.17, 15) is 4.79 Å². The molecule has 0 aromatic heterocycles. The van der Waals surface area contributed by atoms with Gasteiger partial charge in [0, 0.05) is 11.6 Å². The second-order valence-corrected chi connectivity index (χ2v) is 3.66. The van der Waals surface area contributed by atoms with Gasteiger partial charge in [0.25, 0.3) is 0 Å². The van der Waals surface area contributed by atoms with Crippen molar-refractivity contribution in [1.82, 2.24) is 0 Å². The number of para-hydroxylation sites is 1. The van der Waals surface area contributed by atoms with Crippen LogP contribution < -0.4 is 9.47 Å². The molecule has 4 nitrogen and oxygen atoms in total. The molecule has 0 aliphatic heterocycles. The minimum absolute atomic E-state index is 0.411. The number of rotatable bonds is 7. The lowest BCUT2D eigenvalue weighted by atomic mass is 10.1. The minimum Gasteiger partial charge on any atom is -0.490 e. The van der Waals surface area contributed by atoms with E-state index in [1.807, 2.05) is 26.0 Å². The molecule has 19 heavy (non-hydrogen) atoms. The largest absolute Gasteiger partial charge is 0.490 e. The molecule has 0 atom stereocenters. The van der Waals surface area contributed by atoms with Crippen molar-refractivity contribution in [2.75, 3.05) is 13.2 Å². The van der Waals surface area contributed by atoms with E-state index in [-0.39, 0.29) is 0 Å². The fourth-order valence-corrected chi connectivity index (χ4v) is 1.48. The van der Waals surface area contributed by atoms with Gasteiger partial charge in [-0.2, -0.15) is 0 Å². The number of hydrogen-bond acceptors (Lipinski definition) is 3. The summed E-state index contributed by atoms with van der Waals surface area (Å²) >= 11 is 0. The van der Waals surface area contributed by atoms with Crippen molar-refractivity contribution >= 4 is 12.0 Å². The zero-order valence-electron chi connectivity index (χ0n) is 11.1. The molecule has 0 saturated carbocycles. The summed E-state index contributed by atoms with van der Waals surface area (Å²) in [4.78, 5) is 10.6. The molecule has 0 bridgehead atoms. The molecule has 0 heterocycles. The summed E-state index contributed by atoms with van der Waals surface area (Å²) < 4.78 is 11.1. The Morgan fingerprint density at radius 1 is 1.37 bits per heavy atom. The van der Waals surface area contributed by atoms with E-state index in [4.69, 9.17) is 14.6 Å². The number of aliphatic carboxylic acids is 1. The quantitative estimate of drug-likeness (QED) is 0.606. The van der Waals surface area contributed by atoms with Crippen LogP contribution in [-0.2, 0) is 4.79 Å². The molecule has 0 unspecified atom stereocenters. The fraction of sp³-hybridized carbons (Fsp3) is 0.267. The zero-order chi connectivity index (χ0) is 14.1. The molecule has 1 N–H and O–H groups in total. The van der Waals surface area contributed by atoms with Gasteiger partial charge in [0.15, 0.2) is 11.5 Å². The Labute approximate surface area is 113 Å². The van der Waals surface area contributed by atoms with Crippen LogP contribution in [0.1, 0.15) is 19.4 Å². The predicted molar refractivity (Wildman–Crippen MR) is 74.6 cm³/mol. The molecule has 0 saturated heterocycles. The number of benzene rings is 1. The average molecular weight is 262 g/mol. The maximum Gasteiger partial charge on any atom is 0.328 e. The lowest BCUT2D eigenvalue weighted by Gasteiger charge is -2.13. The van der Waals surface area contributed by atoms with Crippen molar-refractivity contribution in [3.05, 3.63) is 42.0 Å². The minimum atomic E-state index is -0.999. The standard InChI is InChI=1S/C15H18O4/c1-3-5-11-19-15-12(9-10-14(16)17)7-6-8-13(15)18-4-2/h3,5-10H,4,11H2,1-2H3,(H,16,17)/b5-3+,10-9+. The maximum absolute atomic E-state index is 10.6. The molecule has 1 aromatic rings. The van der Waals surface area contributed by atoms with Gasteiger partial charge in [-0.05, 0) is 26.0 Å². The van der Waals surface area contributed by atoms with Crippen LogP contribution in [0.3, 0.4) is 0 Å². The summed E-state index contributed by atoms with van der Waals surface area (Å²) in [5.74, 6) is 0.167. The zero-order valence-corrected chi connectivity index (χ0v) is 11.1. The Morgan fingerprint density at radius 2 is 2.16 bits per heavy atom. The van der Waals surface area contributed by atoms with Crippen molar-refractivity contribution in [3.63, 3.8) is 0 Å². The lowest BCUT2D eigenvalue weighted by molar-refractivity contribution is -0.131. The highest BCUT2D eigenvalue weighted by Crippen LogP contribution is 2.32. The molecule has 1 aromatic carbocycles. The van der Waals surface area contributed by atoms with E-state index in [0.29, 0.717) is 30.3 Å². The number of carboxylic acid groups (broad SMARTS) is 1. The van der Waals surface area contributed by atoms with E-state index in [1.54, 1.807) is 18.2 Å². The number of hydrogen-bond donors (Lipinski definition) is 1. The molecule has 1 rings (SSSR count). The highest BCUT2D eigenvalue weighted by Gasteiger charge is 2.08. The smallest absolute Gasteiger partial charge is 0.328 e. The van der Waals surface area contributed by atoms with E-state index in [1.165, 1.54) is 6.08 Å². The van der Waals surface area contributed by atoms with Crippen molar-refractivity contribution in [3.8, 4) is 11.5 Å². The van der Waals surface area contributed by atoms with Crippen molar-refractivity contribution in [2.24, 2.45) is 0 Å². The van der Waals surface area contributed by atoms with E-state index < -0.39 is 5.97 Å².